The highest BCUT2D eigenvalue weighted by atomic mass is 32.2. The third-order valence-corrected chi connectivity index (χ3v) is 4.25. The molecule has 0 spiro atoms. The van der Waals surface area contributed by atoms with Gasteiger partial charge in [0.05, 0.1) is 25.6 Å². The Morgan fingerprint density at radius 3 is 2.57 bits per heavy atom. The second-order valence-corrected chi connectivity index (χ2v) is 6.41. The molecule has 1 heterocycles. The fraction of sp³-hybridized carbons (Fsp3) is 0.500. The van der Waals surface area contributed by atoms with Gasteiger partial charge in [-0.1, -0.05) is 30.3 Å². The molecule has 0 N–H and O–H groups in total. The second-order valence-electron chi connectivity index (χ2n) is 4.66. The van der Waals surface area contributed by atoms with Crippen molar-refractivity contribution in [1.82, 2.24) is 4.90 Å². The van der Waals surface area contributed by atoms with Crippen LogP contribution >= 0.6 is 0 Å². The standard InChI is InChI=1S/C14H20N2O4S/c1-19-11-12-21(17,18)15-14(13-5-3-2-4-6-13)16-7-9-20-10-8-16/h2-6H,7-12H2,1H3/b15-14+. The van der Waals surface area contributed by atoms with Gasteiger partial charge in [-0.3, -0.25) is 0 Å². The van der Waals surface area contributed by atoms with Crippen molar-refractivity contribution in [2.24, 2.45) is 4.40 Å². The Hall–Kier alpha value is -1.44. The SMILES string of the molecule is COCCS(=O)(=O)/N=C(\c1ccccc1)N1CCOCC1. The Morgan fingerprint density at radius 2 is 1.95 bits per heavy atom. The van der Waals surface area contributed by atoms with E-state index in [-0.39, 0.29) is 12.4 Å². The van der Waals surface area contributed by atoms with Crippen LogP contribution in [0.15, 0.2) is 34.7 Å². The van der Waals surface area contributed by atoms with Crippen molar-refractivity contribution in [3.05, 3.63) is 35.9 Å². The van der Waals surface area contributed by atoms with Gasteiger partial charge in [0.15, 0.2) is 0 Å². The van der Waals surface area contributed by atoms with Crippen molar-refractivity contribution in [2.75, 3.05) is 45.8 Å². The first-order valence-electron chi connectivity index (χ1n) is 6.82. The van der Waals surface area contributed by atoms with E-state index in [0.29, 0.717) is 32.1 Å². The Kier molecular flexibility index (Phi) is 5.72. The zero-order valence-electron chi connectivity index (χ0n) is 12.1. The number of methoxy groups -OCH3 is 1. The molecule has 1 saturated heterocycles. The van der Waals surface area contributed by atoms with Crippen molar-refractivity contribution in [3.63, 3.8) is 0 Å². The predicted octanol–water partition coefficient (Wildman–Crippen LogP) is 0.742. The number of ether oxygens (including phenoxy) is 2. The maximum Gasteiger partial charge on any atom is 0.257 e. The van der Waals surface area contributed by atoms with Gasteiger partial charge >= 0.3 is 0 Å². The minimum absolute atomic E-state index is 0.121. The van der Waals surface area contributed by atoms with Gasteiger partial charge in [0, 0.05) is 25.8 Å². The maximum absolute atomic E-state index is 12.1. The molecule has 0 aromatic heterocycles. The molecule has 2 rings (SSSR count). The van der Waals surface area contributed by atoms with Crippen LogP contribution in [0, 0.1) is 0 Å². The van der Waals surface area contributed by atoms with Crippen LogP contribution in [0.5, 0.6) is 0 Å². The summed E-state index contributed by atoms with van der Waals surface area (Å²) in [5, 5.41) is 0. The number of amidine groups is 1. The molecule has 0 aliphatic carbocycles. The van der Waals surface area contributed by atoms with Crippen molar-refractivity contribution < 1.29 is 17.9 Å². The lowest BCUT2D eigenvalue weighted by atomic mass is 10.2. The highest BCUT2D eigenvalue weighted by Gasteiger charge is 2.20. The summed E-state index contributed by atoms with van der Waals surface area (Å²) in [4.78, 5) is 1.95. The molecule has 116 valence electrons. The summed E-state index contributed by atoms with van der Waals surface area (Å²) in [6.07, 6.45) is 0. The molecule has 0 amide bonds. The molecular weight excluding hydrogens is 292 g/mol. The molecule has 0 bridgehead atoms. The molecule has 21 heavy (non-hydrogen) atoms. The van der Waals surface area contributed by atoms with Gasteiger partial charge in [0.2, 0.25) is 0 Å². The summed E-state index contributed by atoms with van der Waals surface area (Å²) in [5.41, 5.74) is 0.792. The van der Waals surface area contributed by atoms with Crippen LogP contribution < -0.4 is 0 Å². The fourth-order valence-corrected chi connectivity index (χ4v) is 2.97. The summed E-state index contributed by atoms with van der Waals surface area (Å²) in [5.74, 6) is 0.361. The lowest BCUT2D eigenvalue weighted by Crippen LogP contribution is -2.41. The number of rotatable bonds is 5. The van der Waals surface area contributed by atoms with E-state index in [0.717, 1.165) is 5.56 Å². The smallest absolute Gasteiger partial charge is 0.257 e. The third kappa shape index (κ3) is 4.80. The number of hydrogen-bond donors (Lipinski definition) is 0. The first kappa shape index (κ1) is 15.9. The first-order chi connectivity index (χ1) is 10.1. The minimum atomic E-state index is -3.56. The van der Waals surface area contributed by atoms with Crippen LogP contribution in [-0.2, 0) is 19.5 Å². The highest BCUT2D eigenvalue weighted by Crippen LogP contribution is 2.11. The average molecular weight is 312 g/mol. The third-order valence-electron chi connectivity index (χ3n) is 3.11. The molecule has 0 saturated carbocycles. The van der Waals surface area contributed by atoms with Gasteiger partial charge < -0.3 is 14.4 Å². The Balaban J connectivity index is 2.31. The molecule has 1 aliphatic rings. The van der Waals surface area contributed by atoms with E-state index in [9.17, 15) is 8.42 Å². The molecular formula is C14H20N2O4S. The second kappa shape index (κ2) is 7.53. The van der Waals surface area contributed by atoms with Crippen molar-refractivity contribution in [3.8, 4) is 0 Å². The Labute approximate surface area is 125 Å². The van der Waals surface area contributed by atoms with Crippen LogP contribution in [0.2, 0.25) is 0 Å². The van der Waals surface area contributed by atoms with Crippen LogP contribution in [0.25, 0.3) is 0 Å². The average Bonchev–Trinajstić information content (AvgIpc) is 2.52. The van der Waals surface area contributed by atoms with E-state index < -0.39 is 10.0 Å². The minimum Gasteiger partial charge on any atom is -0.384 e. The van der Waals surface area contributed by atoms with Gasteiger partial charge in [-0.15, -0.1) is 4.40 Å². The van der Waals surface area contributed by atoms with Crippen LogP contribution in [0.1, 0.15) is 5.56 Å². The summed E-state index contributed by atoms with van der Waals surface area (Å²) in [6.45, 7) is 2.55. The number of hydrogen-bond acceptors (Lipinski definition) is 4. The maximum atomic E-state index is 12.1. The van der Waals surface area contributed by atoms with Crippen molar-refractivity contribution in [2.45, 2.75) is 0 Å². The van der Waals surface area contributed by atoms with E-state index in [1.54, 1.807) is 0 Å². The predicted molar refractivity (Wildman–Crippen MR) is 81.0 cm³/mol. The molecule has 0 radical (unpaired) electrons. The molecule has 7 heteroatoms. The quantitative estimate of drug-likeness (QED) is 0.592. The fourth-order valence-electron chi connectivity index (χ4n) is 2.02. The zero-order chi connectivity index (χ0) is 15.1. The molecule has 1 aliphatic heterocycles. The summed E-state index contributed by atoms with van der Waals surface area (Å²) >= 11 is 0. The topological polar surface area (TPSA) is 68.2 Å². The number of nitrogens with zero attached hydrogens (tertiary/aromatic N) is 2. The Bertz CT molecular complexity index is 566. The molecule has 6 nitrogen and oxygen atoms in total. The monoisotopic (exact) mass is 312 g/mol. The normalized spacial score (nSPS) is 17.0. The van der Waals surface area contributed by atoms with Gasteiger partial charge in [-0.25, -0.2) is 8.42 Å². The summed E-state index contributed by atoms with van der Waals surface area (Å²) in [7, 11) is -2.09. The van der Waals surface area contributed by atoms with E-state index in [2.05, 4.69) is 4.40 Å². The lowest BCUT2D eigenvalue weighted by molar-refractivity contribution is 0.0683. The van der Waals surface area contributed by atoms with Crippen molar-refractivity contribution in [1.29, 1.82) is 0 Å². The lowest BCUT2D eigenvalue weighted by Gasteiger charge is -2.29. The zero-order valence-corrected chi connectivity index (χ0v) is 12.9. The van der Waals surface area contributed by atoms with Crippen LogP contribution in [0.3, 0.4) is 0 Å². The first-order valence-corrected chi connectivity index (χ1v) is 8.43. The molecule has 1 aromatic carbocycles. The van der Waals surface area contributed by atoms with E-state index in [1.165, 1.54) is 7.11 Å². The van der Waals surface area contributed by atoms with Crippen LogP contribution in [0.4, 0.5) is 0 Å². The van der Waals surface area contributed by atoms with Gasteiger partial charge in [0.1, 0.15) is 5.84 Å². The summed E-state index contributed by atoms with van der Waals surface area (Å²) < 4.78 is 38.3. The van der Waals surface area contributed by atoms with Gasteiger partial charge in [-0.2, -0.15) is 0 Å². The van der Waals surface area contributed by atoms with Crippen molar-refractivity contribution >= 4 is 15.9 Å². The summed E-state index contributed by atoms with van der Waals surface area (Å²) in [6, 6.07) is 9.35. The van der Waals surface area contributed by atoms with E-state index in [1.807, 2.05) is 35.2 Å². The van der Waals surface area contributed by atoms with Gasteiger partial charge in [-0.05, 0) is 0 Å². The van der Waals surface area contributed by atoms with E-state index >= 15 is 0 Å². The largest absolute Gasteiger partial charge is 0.384 e. The van der Waals surface area contributed by atoms with Gasteiger partial charge in [0.25, 0.3) is 10.0 Å². The molecule has 1 aromatic rings. The Morgan fingerprint density at radius 1 is 1.29 bits per heavy atom. The van der Waals surface area contributed by atoms with Crippen LogP contribution in [-0.4, -0.2) is 64.9 Å². The number of morpholine rings is 1. The highest BCUT2D eigenvalue weighted by molar-refractivity contribution is 7.90. The number of sulfonamides is 1. The molecule has 0 atom stereocenters. The van der Waals surface area contributed by atoms with E-state index in [4.69, 9.17) is 9.47 Å². The molecule has 0 unspecified atom stereocenters. The molecule has 1 fully saturated rings. The number of benzene rings is 1.